The van der Waals surface area contributed by atoms with E-state index >= 15 is 0 Å². The van der Waals surface area contributed by atoms with E-state index in [9.17, 15) is 13.2 Å². The van der Waals surface area contributed by atoms with Gasteiger partial charge in [0.1, 0.15) is 0 Å². The Hall–Kier alpha value is -2.38. The van der Waals surface area contributed by atoms with Gasteiger partial charge in [-0.2, -0.15) is 0 Å². The molecule has 2 amide bonds. The van der Waals surface area contributed by atoms with Gasteiger partial charge in [0.2, 0.25) is 0 Å². The van der Waals surface area contributed by atoms with E-state index in [0.29, 0.717) is 11.4 Å². The standard InChI is InChI=1S/C23H29N3O3S/c1-17-7-8-21-18(15-17)9-14-26(21)23(27)24-20-10-12-25(13-11-20)16-19-5-3-4-6-22(19)30(2,28)29/h3-8,15,20H,9-14,16H2,1-2H3,(H,24,27). The number of fused-ring (bicyclic) bond motifs is 1. The van der Waals surface area contributed by atoms with Crippen LogP contribution < -0.4 is 10.2 Å². The van der Waals surface area contributed by atoms with E-state index in [0.717, 1.165) is 50.1 Å². The molecule has 2 aliphatic rings. The number of benzene rings is 2. The van der Waals surface area contributed by atoms with Gasteiger partial charge in [0.15, 0.2) is 9.84 Å². The largest absolute Gasteiger partial charge is 0.335 e. The van der Waals surface area contributed by atoms with Crippen molar-refractivity contribution in [3.05, 3.63) is 59.2 Å². The van der Waals surface area contributed by atoms with Gasteiger partial charge < -0.3 is 5.32 Å². The van der Waals surface area contributed by atoms with Crippen molar-refractivity contribution in [2.75, 3.05) is 30.8 Å². The maximum Gasteiger partial charge on any atom is 0.322 e. The SMILES string of the molecule is Cc1ccc2c(c1)CCN2C(=O)NC1CCN(Cc2ccccc2S(C)(=O)=O)CC1. The highest BCUT2D eigenvalue weighted by atomic mass is 32.2. The van der Waals surface area contributed by atoms with E-state index in [2.05, 4.69) is 29.3 Å². The minimum absolute atomic E-state index is 0.0153. The number of likely N-dealkylation sites (tertiary alicyclic amines) is 1. The number of urea groups is 1. The lowest BCUT2D eigenvalue weighted by Gasteiger charge is -2.33. The Kier molecular flexibility index (Phi) is 5.84. The Bertz CT molecular complexity index is 1040. The zero-order chi connectivity index (χ0) is 21.3. The van der Waals surface area contributed by atoms with Gasteiger partial charge in [-0.1, -0.05) is 35.9 Å². The fourth-order valence-corrected chi connectivity index (χ4v) is 5.40. The number of anilines is 1. The molecule has 0 atom stereocenters. The average molecular weight is 428 g/mol. The second-order valence-corrected chi connectivity index (χ2v) is 10.4. The number of carbonyl (C=O) groups is 1. The molecule has 2 aromatic carbocycles. The minimum atomic E-state index is -3.24. The Morgan fingerprint density at radius 1 is 1.10 bits per heavy atom. The summed E-state index contributed by atoms with van der Waals surface area (Å²) in [6, 6.07) is 13.6. The lowest BCUT2D eigenvalue weighted by molar-refractivity contribution is 0.187. The molecule has 0 aliphatic carbocycles. The van der Waals surface area contributed by atoms with Crippen molar-refractivity contribution in [2.24, 2.45) is 0 Å². The van der Waals surface area contributed by atoms with Crippen molar-refractivity contribution in [2.45, 2.75) is 43.7 Å². The number of amides is 2. The molecule has 0 aromatic heterocycles. The van der Waals surface area contributed by atoms with Crippen LogP contribution in [0.3, 0.4) is 0 Å². The smallest absolute Gasteiger partial charge is 0.322 e. The summed E-state index contributed by atoms with van der Waals surface area (Å²) in [5, 5.41) is 3.20. The number of carbonyl (C=O) groups excluding carboxylic acids is 1. The molecule has 2 aromatic rings. The fraction of sp³-hybridized carbons (Fsp3) is 0.435. The molecule has 4 rings (SSSR count). The predicted octanol–water partition coefficient (Wildman–Crippen LogP) is 3.14. The van der Waals surface area contributed by atoms with Crippen molar-refractivity contribution < 1.29 is 13.2 Å². The molecule has 1 saturated heterocycles. The second-order valence-electron chi connectivity index (χ2n) is 8.41. The van der Waals surface area contributed by atoms with Crippen LogP contribution in [0.1, 0.15) is 29.5 Å². The zero-order valence-electron chi connectivity index (χ0n) is 17.6. The van der Waals surface area contributed by atoms with E-state index in [1.807, 2.05) is 23.1 Å². The van der Waals surface area contributed by atoms with Crippen molar-refractivity contribution in [3.8, 4) is 0 Å². The number of aryl methyl sites for hydroxylation is 1. The molecule has 2 heterocycles. The minimum Gasteiger partial charge on any atom is -0.335 e. The van der Waals surface area contributed by atoms with E-state index in [1.54, 1.807) is 12.1 Å². The fourth-order valence-electron chi connectivity index (χ4n) is 4.47. The van der Waals surface area contributed by atoms with Crippen molar-refractivity contribution in [1.29, 1.82) is 0 Å². The van der Waals surface area contributed by atoms with Gasteiger partial charge >= 0.3 is 6.03 Å². The monoisotopic (exact) mass is 427 g/mol. The average Bonchev–Trinajstić information content (AvgIpc) is 3.12. The van der Waals surface area contributed by atoms with Gasteiger partial charge in [0.05, 0.1) is 4.90 Å². The van der Waals surface area contributed by atoms with Crippen LogP contribution in [0, 0.1) is 6.92 Å². The van der Waals surface area contributed by atoms with E-state index in [-0.39, 0.29) is 12.1 Å². The normalized spacial score (nSPS) is 17.7. The van der Waals surface area contributed by atoms with Crippen molar-refractivity contribution in [1.82, 2.24) is 10.2 Å². The quantitative estimate of drug-likeness (QED) is 0.814. The first kappa shape index (κ1) is 20.9. The molecule has 6 nitrogen and oxygen atoms in total. The highest BCUT2D eigenvalue weighted by Crippen LogP contribution is 2.29. The maximum atomic E-state index is 12.8. The molecule has 2 aliphatic heterocycles. The number of nitrogens with one attached hydrogen (secondary N) is 1. The highest BCUT2D eigenvalue weighted by Gasteiger charge is 2.28. The molecule has 0 bridgehead atoms. The number of piperidine rings is 1. The van der Waals surface area contributed by atoms with Crippen LogP contribution in [-0.4, -0.2) is 51.3 Å². The van der Waals surface area contributed by atoms with Gasteiger partial charge in [-0.15, -0.1) is 0 Å². The molecule has 1 N–H and O–H groups in total. The van der Waals surface area contributed by atoms with Gasteiger partial charge in [-0.05, 0) is 49.4 Å². The number of hydrogen-bond acceptors (Lipinski definition) is 4. The van der Waals surface area contributed by atoms with Crippen LogP contribution in [0.15, 0.2) is 47.4 Å². The summed E-state index contributed by atoms with van der Waals surface area (Å²) in [5.74, 6) is 0. The second kappa shape index (κ2) is 8.40. The van der Waals surface area contributed by atoms with E-state index in [1.165, 1.54) is 17.4 Å². The van der Waals surface area contributed by atoms with Crippen LogP contribution in [0.2, 0.25) is 0 Å². The third-order valence-corrected chi connectivity index (χ3v) is 7.25. The Morgan fingerprint density at radius 3 is 2.57 bits per heavy atom. The summed E-state index contributed by atoms with van der Waals surface area (Å²) in [6.45, 7) is 5.08. The summed E-state index contributed by atoms with van der Waals surface area (Å²) >= 11 is 0. The van der Waals surface area contributed by atoms with Crippen LogP contribution >= 0.6 is 0 Å². The maximum absolute atomic E-state index is 12.8. The Labute approximate surface area is 178 Å². The molecule has 30 heavy (non-hydrogen) atoms. The Balaban J connectivity index is 1.33. The first-order valence-corrected chi connectivity index (χ1v) is 12.4. The number of rotatable bonds is 4. The summed E-state index contributed by atoms with van der Waals surface area (Å²) in [7, 11) is -3.24. The summed E-state index contributed by atoms with van der Waals surface area (Å²) in [4.78, 5) is 17.3. The lowest BCUT2D eigenvalue weighted by atomic mass is 10.0. The summed E-state index contributed by atoms with van der Waals surface area (Å²) in [5.41, 5.74) is 4.32. The molecule has 0 saturated carbocycles. The predicted molar refractivity (Wildman–Crippen MR) is 119 cm³/mol. The zero-order valence-corrected chi connectivity index (χ0v) is 18.4. The Morgan fingerprint density at radius 2 is 1.83 bits per heavy atom. The number of nitrogens with zero attached hydrogens (tertiary/aromatic N) is 2. The van der Waals surface area contributed by atoms with Crippen LogP contribution in [0.5, 0.6) is 0 Å². The summed E-state index contributed by atoms with van der Waals surface area (Å²) < 4.78 is 24.1. The van der Waals surface area contributed by atoms with Crippen LogP contribution in [0.4, 0.5) is 10.5 Å². The van der Waals surface area contributed by atoms with Crippen molar-refractivity contribution >= 4 is 21.6 Å². The molecular weight excluding hydrogens is 398 g/mol. The first-order valence-electron chi connectivity index (χ1n) is 10.5. The third kappa shape index (κ3) is 4.52. The van der Waals surface area contributed by atoms with E-state index in [4.69, 9.17) is 0 Å². The van der Waals surface area contributed by atoms with E-state index < -0.39 is 9.84 Å². The number of sulfone groups is 1. The molecular formula is C23H29N3O3S. The molecule has 1 fully saturated rings. The van der Waals surface area contributed by atoms with Crippen LogP contribution in [0.25, 0.3) is 0 Å². The molecule has 7 heteroatoms. The molecule has 0 spiro atoms. The van der Waals surface area contributed by atoms with Gasteiger partial charge in [0, 0.05) is 44.2 Å². The van der Waals surface area contributed by atoms with Gasteiger partial charge in [-0.25, -0.2) is 13.2 Å². The van der Waals surface area contributed by atoms with Crippen molar-refractivity contribution in [3.63, 3.8) is 0 Å². The molecule has 0 unspecified atom stereocenters. The first-order chi connectivity index (χ1) is 14.3. The van der Waals surface area contributed by atoms with Crippen LogP contribution in [-0.2, 0) is 22.8 Å². The topological polar surface area (TPSA) is 69.7 Å². The molecule has 0 radical (unpaired) electrons. The third-order valence-electron chi connectivity index (χ3n) is 6.06. The lowest BCUT2D eigenvalue weighted by Crippen LogP contribution is -2.49. The van der Waals surface area contributed by atoms with Gasteiger partial charge in [0.25, 0.3) is 0 Å². The highest BCUT2D eigenvalue weighted by molar-refractivity contribution is 7.90. The summed E-state index contributed by atoms with van der Waals surface area (Å²) in [6.07, 6.45) is 3.89. The van der Waals surface area contributed by atoms with Gasteiger partial charge in [-0.3, -0.25) is 9.80 Å². The molecule has 160 valence electrons. The number of hydrogen-bond donors (Lipinski definition) is 1.